The molecule has 0 radical (unpaired) electrons. The molecule has 0 aliphatic carbocycles. The summed E-state index contributed by atoms with van der Waals surface area (Å²) in [6.45, 7) is 4.06. The Balaban J connectivity index is 2.01. The van der Waals surface area contributed by atoms with Gasteiger partial charge in [0.15, 0.2) is 0 Å². The minimum absolute atomic E-state index is 0.0605. The highest BCUT2D eigenvalue weighted by Gasteiger charge is 2.34. The van der Waals surface area contributed by atoms with E-state index in [1.807, 2.05) is 4.90 Å². The molecule has 2 rings (SSSR count). The van der Waals surface area contributed by atoms with Crippen LogP contribution in [-0.2, 0) is 4.79 Å². The summed E-state index contributed by atoms with van der Waals surface area (Å²) in [5.74, 6) is 0.361. The van der Waals surface area contributed by atoms with Gasteiger partial charge < -0.3 is 15.3 Å². The maximum atomic E-state index is 12.5. The van der Waals surface area contributed by atoms with Crippen molar-refractivity contribution in [2.24, 2.45) is 5.92 Å². The normalized spacial score (nSPS) is 34.7. The monoisotopic (exact) mass is 240 g/mol. The summed E-state index contributed by atoms with van der Waals surface area (Å²) in [6, 6.07) is 0.336. The summed E-state index contributed by atoms with van der Waals surface area (Å²) in [5.41, 5.74) is 0. The lowest BCUT2D eigenvalue weighted by Gasteiger charge is -2.39. The molecule has 0 bridgehead atoms. The maximum absolute atomic E-state index is 12.5. The van der Waals surface area contributed by atoms with Gasteiger partial charge in [-0.15, -0.1) is 0 Å². The van der Waals surface area contributed by atoms with E-state index in [1.54, 1.807) is 0 Å². The van der Waals surface area contributed by atoms with E-state index < -0.39 is 0 Å². The highest BCUT2D eigenvalue weighted by molar-refractivity contribution is 5.80. The lowest BCUT2D eigenvalue weighted by molar-refractivity contribution is -0.142. The number of amides is 1. The Hall–Kier alpha value is -0.610. The first-order valence-corrected chi connectivity index (χ1v) is 6.88. The van der Waals surface area contributed by atoms with Crippen molar-refractivity contribution in [3.8, 4) is 0 Å². The van der Waals surface area contributed by atoms with E-state index in [2.05, 4.69) is 12.2 Å². The number of aliphatic hydroxyl groups excluding tert-OH is 1. The second-order valence-electron chi connectivity index (χ2n) is 5.36. The van der Waals surface area contributed by atoms with Gasteiger partial charge in [-0.2, -0.15) is 0 Å². The number of hydrogen-bond donors (Lipinski definition) is 2. The molecule has 3 atom stereocenters. The van der Waals surface area contributed by atoms with Gasteiger partial charge in [-0.3, -0.25) is 4.79 Å². The van der Waals surface area contributed by atoms with Gasteiger partial charge in [0.05, 0.1) is 18.6 Å². The van der Waals surface area contributed by atoms with Gasteiger partial charge in [0.1, 0.15) is 0 Å². The first-order valence-electron chi connectivity index (χ1n) is 6.88. The van der Waals surface area contributed by atoms with E-state index in [-0.39, 0.29) is 30.5 Å². The molecule has 0 aromatic carbocycles. The lowest BCUT2D eigenvalue weighted by Crippen LogP contribution is -2.53. The Kier molecular flexibility index (Phi) is 4.40. The Morgan fingerprint density at radius 1 is 1.35 bits per heavy atom. The van der Waals surface area contributed by atoms with Gasteiger partial charge in [0, 0.05) is 12.6 Å². The molecule has 4 heteroatoms. The summed E-state index contributed by atoms with van der Waals surface area (Å²) in [4.78, 5) is 14.4. The maximum Gasteiger partial charge on any atom is 0.227 e. The summed E-state index contributed by atoms with van der Waals surface area (Å²) in [7, 11) is 0. The third-order valence-corrected chi connectivity index (χ3v) is 4.20. The predicted molar refractivity (Wildman–Crippen MR) is 66.6 cm³/mol. The third kappa shape index (κ3) is 2.80. The van der Waals surface area contributed by atoms with Crippen molar-refractivity contribution in [1.29, 1.82) is 0 Å². The number of aliphatic hydroxyl groups is 1. The van der Waals surface area contributed by atoms with Crippen LogP contribution in [0.25, 0.3) is 0 Å². The standard InChI is InChI=1S/C13H24N2O2/c1-10-12(6-4-7-14-10)13(17)15-8-3-2-5-11(15)9-16/h10-12,14,16H,2-9H2,1H3. The third-order valence-electron chi connectivity index (χ3n) is 4.20. The van der Waals surface area contributed by atoms with Crippen LogP contribution in [0.15, 0.2) is 0 Å². The average molecular weight is 240 g/mol. The molecule has 17 heavy (non-hydrogen) atoms. The van der Waals surface area contributed by atoms with E-state index in [4.69, 9.17) is 0 Å². The molecule has 98 valence electrons. The Morgan fingerprint density at radius 3 is 2.88 bits per heavy atom. The molecule has 0 spiro atoms. The van der Waals surface area contributed by atoms with E-state index >= 15 is 0 Å². The molecule has 2 aliphatic rings. The number of nitrogens with zero attached hydrogens (tertiary/aromatic N) is 1. The Morgan fingerprint density at radius 2 is 2.18 bits per heavy atom. The van der Waals surface area contributed by atoms with Crippen molar-refractivity contribution in [1.82, 2.24) is 10.2 Å². The quantitative estimate of drug-likeness (QED) is 0.749. The van der Waals surface area contributed by atoms with Crippen molar-refractivity contribution in [3.63, 3.8) is 0 Å². The molecule has 2 N–H and O–H groups in total. The topological polar surface area (TPSA) is 52.6 Å². The summed E-state index contributed by atoms with van der Waals surface area (Å²) >= 11 is 0. The van der Waals surface area contributed by atoms with Crippen LogP contribution in [-0.4, -0.2) is 47.7 Å². The number of piperidine rings is 2. The number of carbonyl (C=O) groups is 1. The van der Waals surface area contributed by atoms with Crippen molar-refractivity contribution in [3.05, 3.63) is 0 Å². The predicted octanol–water partition coefficient (Wildman–Crippen LogP) is 0.748. The SMILES string of the molecule is CC1NCCCC1C(=O)N1CCCCC1CO. The average Bonchev–Trinajstić information content (AvgIpc) is 2.38. The zero-order chi connectivity index (χ0) is 12.3. The molecular formula is C13H24N2O2. The second-order valence-corrected chi connectivity index (χ2v) is 5.36. The van der Waals surface area contributed by atoms with Gasteiger partial charge >= 0.3 is 0 Å². The van der Waals surface area contributed by atoms with E-state index in [0.717, 1.165) is 45.2 Å². The fourth-order valence-electron chi connectivity index (χ4n) is 3.07. The molecule has 0 saturated carbocycles. The minimum Gasteiger partial charge on any atom is -0.394 e. The van der Waals surface area contributed by atoms with Gasteiger partial charge in [0.2, 0.25) is 5.91 Å². The number of hydrogen-bond acceptors (Lipinski definition) is 3. The second kappa shape index (κ2) is 5.83. The van der Waals surface area contributed by atoms with E-state index in [1.165, 1.54) is 0 Å². The molecule has 2 saturated heterocycles. The number of rotatable bonds is 2. The summed E-state index contributed by atoms with van der Waals surface area (Å²) in [5, 5.41) is 12.7. The van der Waals surface area contributed by atoms with E-state index in [0.29, 0.717) is 0 Å². The summed E-state index contributed by atoms with van der Waals surface area (Å²) < 4.78 is 0. The van der Waals surface area contributed by atoms with Crippen molar-refractivity contribution >= 4 is 5.91 Å². The van der Waals surface area contributed by atoms with Crippen LogP contribution in [0.3, 0.4) is 0 Å². The Bertz CT molecular complexity index is 270. The first kappa shape index (κ1) is 12.8. The number of likely N-dealkylation sites (tertiary alicyclic amines) is 1. The zero-order valence-electron chi connectivity index (χ0n) is 10.7. The van der Waals surface area contributed by atoms with E-state index in [9.17, 15) is 9.90 Å². The van der Waals surface area contributed by atoms with Crippen LogP contribution in [0.5, 0.6) is 0 Å². The van der Waals surface area contributed by atoms with Crippen LogP contribution in [0.2, 0.25) is 0 Å². The number of nitrogens with one attached hydrogen (secondary N) is 1. The minimum atomic E-state index is 0.0605. The number of carbonyl (C=O) groups excluding carboxylic acids is 1. The van der Waals surface area contributed by atoms with Crippen molar-refractivity contribution in [2.45, 2.75) is 51.1 Å². The lowest BCUT2D eigenvalue weighted by atomic mass is 9.89. The Labute approximate surface area is 103 Å². The van der Waals surface area contributed by atoms with Gasteiger partial charge in [-0.1, -0.05) is 0 Å². The zero-order valence-corrected chi connectivity index (χ0v) is 10.7. The van der Waals surface area contributed by atoms with Crippen LogP contribution < -0.4 is 5.32 Å². The molecular weight excluding hydrogens is 216 g/mol. The largest absolute Gasteiger partial charge is 0.394 e. The van der Waals surface area contributed by atoms with Crippen LogP contribution in [0.4, 0.5) is 0 Å². The highest BCUT2D eigenvalue weighted by atomic mass is 16.3. The van der Waals surface area contributed by atoms with Crippen molar-refractivity contribution < 1.29 is 9.90 Å². The molecule has 1 amide bonds. The van der Waals surface area contributed by atoms with Crippen LogP contribution >= 0.6 is 0 Å². The van der Waals surface area contributed by atoms with Crippen LogP contribution in [0, 0.1) is 5.92 Å². The summed E-state index contributed by atoms with van der Waals surface area (Å²) in [6.07, 6.45) is 5.24. The molecule has 4 nitrogen and oxygen atoms in total. The molecule has 2 heterocycles. The molecule has 2 fully saturated rings. The molecule has 0 aromatic rings. The first-order chi connectivity index (χ1) is 8.24. The van der Waals surface area contributed by atoms with Crippen molar-refractivity contribution in [2.75, 3.05) is 19.7 Å². The van der Waals surface area contributed by atoms with Gasteiger partial charge in [-0.05, 0) is 45.6 Å². The van der Waals surface area contributed by atoms with Crippen LogP contribution in [0.1, 0.15) is 39.0 Å². The molecule has 2 aliphatic heterocycles. The van der Waals surface area contributed by atoms with Gasteiger partial charge in [0.25, 0.3) is 0 Å². The smallest absolute Gasteiger partial charge is 0.227 e. The fraction of sp³-hybridized carbons (Fsp3) is 0.923. The highest BCUT2D eigenvalue weighted by Crippen LogP contribution is 2.24. The van der Waals surface area contributed by atoms with Gasteiger partial charge in [-0.25, -0.2) is 0 Å². The fourth-order valence-corrected chi connectivity index (χ4v) is 3.07. The molecule has 0 aromatic heterocycles. The molecule has 3 unspecified atom stereocenters.